The lowest BCUT2D eigenvalue weighted by atomic mass is 9.34. The van der Waals surface area contributed by atoms with Gasteiger partial charge in [-0.1, -0.05) is 240 Å². The van der Waals surface area contributed by atoms with E-state index in [1.165, 1.54) is 103 Å². The van der Waals surface area contributed by atoms with Crippen molar-refractivity contribution in [1.82, 2.24) is 9.13 Å². The molecular weight excluding hydrogens is 1040 g/mol. The standard InChI is InChI=1S/C82H59BN2O/c1-52-34-42-76-70(46-52)66-28-15-11-24-62(66)63-25-12-16-29-67(63)71-47-53(2)35-43-77(71)84(76)58-38-40-74-80(50-58)86-81-51-59(39-41-75(81)83(74)82-60(56-20-7-5-8-21-56)32-19-33-61(82)57-22-9-6-10-23-57)85-78-44-36-54(3)48-72(78)68-30-17-13-26-64(68)65-27-14-18-31-69(65)73-49-55(4)37-45-79(73)85/h5-51H,1-4H3. The summed E-state index contributed by atoms with van der Waals surface area (Å²) in [5.74, 6) is 1.61. The molecule has 86 heavy (non-hydrogen) atoms. The van der Waals surface area contributed by atoms with Crippen molar-refractivity contribution in [3.8, 4) is 45.1 Å². The fourth-order valence-corrected chi connectivity index (χ4v) is 14.1. The molecule has 0 saturated carbocycles. The maximum absolute atomic E-state index is 7.74. The molecule has 2 aromatic heterocycles. The van der Waals surface area contributed by atoms with E-state index in [1.54, 1.807) is 0 Å². The SMILES string of the molecule is Cc1ccc2c(c1)c1ccccc1c1ccccc1c1cc(C)ccc1n2-c1ccc2c(c1)Oc1cc(-n3c4ccc(C)cc4c4ccccc4c4ccccc4c4cc(C)ccc43)ccc1B2c1c(-c2ccccc2)cccc1-c1ccccc1. The van der Waals surface area contributed by atoms with Crippen LogP contribution in [0.5, 0.6) is 11.5 Å². The van der Waals surface area contributed by atoms with Gasteiger partial charge in [0.1, 0.15) is 11.5 Å². The molecule has 1 aliphatic heterocycles. The largest absolute Gasteiger partial charge is 0.458 e. The van der Waals surface area contributed by atoms with Crippen molar-refractivity contribution in [3.05, 3.63) is 307 Å². The van der Waals surface area contributed by atoms with Gasteiger partial charge >= 0.3 is 0 Å². The second-order valence-corrected chi connectivity index (χ2v) is 23.4. The molecule has 0 radical (unpaired) electrons. The predicted molar refractivity (Wildman–Crippen MR) is 368 cm³/mol. The number of ether oxygens (including phenoxy) is 1. The molecule has 0 fully saturated rings. The van der Waals surface area contributed by atoms with Gasteiger partial charge in [0, 0.05) is 45.1 Å². The molecule has 0 spiro atoms. The summed E-state index contributed by atoms with van der Waals surface area (Å²) in [4.78, 5) is 0. The van der Waals surface area contributed by atoms with Crippen molar-refractivity contribution in [2.75, 3.05) is 0 Å². The minimum Gasteiger partial charge on any atom is -0.458 e. The third-order valence-corrected chi connectivity index (χ3v) is 17.9. The molecule has 406 valence electrons. The molecule has 0 atom stereocenters. The highest BCUT2D eigenvalue weighted by Gasteiger charge is 2.37. The Hall–Kier alpha value is -10.7. The van der Waals surface area contributed by atoms with Crippen LogP contribution in [-0.4, -0.2) is 15.8 Å². The highest BCUT2D eigenvalue weighted by atomic mass is 16.5. The number of hydrogen-bond donors (Lipinski definition) is 0. The van der Waals surface area contributed by atoms with E-state index in [2.05, 4.69) is 322 Å². The molecule has 15 aromatic rings. The first-order valence-corrected chi connectivity index (χ1v) is 29.9. The minimum atomic E-state index is -0.248. The molecule has 13 aromatic carbocycles. The van der Waals surface area contributed by atoms with Crippen molar-refractivity contribution in [1.29, 1.82) is 0 Å². The molecule has 16 rings (SSSR count). The number of fused-ring (bicyclic) bond motifs is 16. The summed E-state index contributed by atoms with van der Waals surface area (Å²) in [7, 11) is 0. The number of nitrogens with zero attached hydrogens (tertiary/aromatic N) is 2. The Kier molecular flexibility index (Phi) is 12.2. The Morgan fingerprint density at radius 2 is 0.547 bits per heavy atom. The average molecular weight is 1100 g/mol. The van der Waals surface area contributed by atoms with Crippen LogP contribution in [0.25, 0.3) is 120 Å². The van der Waals surface area contributed by atoms with Gasteiger partial charge in [0.2, 0.25) is 0 Å². The molecule has 0 saturated heterocycles. The van der Waals surface area contributed by atoms with Gasteiger partial charge in [0.25, 0.3) is 6.71 Å². The van der Waals surface area contributed by atoms with Crippen molar-refractivity contribution in [2.24, 2.45) is 0 Å². The smallest absolute Gasteiger partial charge is 0.252 e. The Morgan fingerprint density at radius 1 is 0.256 bits per heavy atom. The van der Waals surface area contributed by atoms with Crippen LogP contribution in [0.3, 0.4) is 0 Å². The Morgan fingerprint density at radius 3 is 0.860 bits per heavy atom. The lowest BCUT2D eigenvalue weighted by Crippen LogP contribution is -2.56. The van der Waals surface area contributed by atoms with Gasteiger partial charge in [-0.2, -0.15) is 0 Å². The fraction of sp³-hybridized carbons (Fsp3) is 0.0488. The average Bonchev–Trinajstić information content (AvgIpc) is 1.32. The molecule has 0 amide bonds. The van der Waals surface area contributed by atoms with Crippen LogP contribution in [0.1, 0.15) is 22.3 Å². The zero-order valence-electron chi connectivity index (χ0n) is 48.5. The van der Waals surface area contributed by atoms with E-state index in [0.717, 1.165) is 67.0 Å². The lowest BCUT2D eigenvalue weighted by molar-refractivity contribution is 0.487. The summed E-state index contributed by atoms with van der Waals surface area (Å²) in [5, 5.41) is 14.3. The Bertz CT molecular complexity index is 4890. The van der Waals surface area contributed by atoms with Gasteiger partial charge < -0.3 is 13.9 Å². The summed E-state index contributed by atoms with van der Waals surface area (Å²) in [6, 6.07) is 106. The molecule has 0 aliphatic carbocycles. The number of rotatable bonds is 5. The minimum absolute atomic E-state index is 0.248. The van der Waals surface area contributed by atoms with Gasteiger partial charge in [-0.25, -0.2) is 0 Å². The van der Waals surface area contributed by atoms with Gasteiger partial charge in [-0.05, 0) is 165 Å². The van der Waals surface area contributed by atoms with Gasteiger partial charge in [-0.3, -0.25) is 0 Å². The van der Waals surface area contributed by atoms with E-state index in [9.17, 15) is 0 Å². The first-order valence-electron chi connectivity index (χ1n) is 29.9. The highest BCUT2D eigenvalue weighted by Crippen LogP contribution is 2.40. The second kappa shape index (κ2) is 20.6. The lowest BCUT2D eigenvalue weighted by Gasteiger charge is -2.31. The molecule has 1 aliphatic rings. The highest BCUT2D eigenvalue weighted by molar-refractivity contribution is 6.98. The van der Waals surface area contributed by atoms with E-state index in [4.69, 9.17) is 4.74 Å². The zero-order valence-corrected chi connectivity index (χ0v) is 48.5. The molecule has 0 N–H and O–H groups in total. The first kappa shape index (κ1) is 51.0. The Balaban J connectivity index is 1.04. The van der Waals surface area contributed by atoms with Gasteiger partial charge in [-0.15, -0.1) is 0 Å². The number of hydrogen-bond acceptors (Lipinski definition) is 1. The normalized spacial score (nSPS) is 12.0. The molecule has 0 unspecified atom stereocenters. The number of aromatic nitrogens is 2. The van der Waals surface area contributed by atoms with E-state index < -0.39 is 0 Å². The van der Waals surface area contributed by atoms with E-state index in [1.807, 2.05) is 0 Å². The first-order chi connectivity index (χ1) is 42.3. The summed E-state index contributed by atoms with van der Waals surface area (Å²) in [6.07, 6.45) is 0. The van der Waals surface area contributed by atoms with Crippen LogP contribution in [0.2, 0.25) is 0 Å². The van der Waals surface area contributed by atoms with E-state index in [0.29, 0.717) is 0 Å². The summed E-state index contributed by atoms with van der Waals surface area (Å²) < 4.78 is 12.7. The molecule has 3 heterocycles. The molecule has 0 bridgehead atoms. The van der Waals surface area contributed by atoms with Crippen LogP contribution in [0, 0.1) is 27.7 Å². The molecule has 3 nitrogen and oxygen atoms in total. The quantitative estimate of drug-likeness (QED) is 0.157. The van der Waals surface area contributed by atoms with Crippen molar-refractivity contribution < 1.29 is 4.74 Å². The zero-order chi connectivity index (χ0) is 57.6. The van der Waals surface area contributed by atoms with Crippen LogP contribution in [-0.2, 0) is 0 Å². The predicted octanol–water partition coefficient (Wildman–Crippen LogP) is 19.9. The number of benzene rings is 13. The summed E-state index contributed by atoms with van der Waals surface area (Å²) >= 11 is 0. The summed E-state index contributed by atoms with van der Waals surface area (Å²) in [6.45, 7) is 8.56. The van der Waals surface area contributed by atoms with Crippen molar-refractivity contribution >= 4 is 110 Å². The van der Waals surface area contributed by atoms with Crippen LogP contribution < -0.4 is 21.1 Å². The molecule has 4 heteroatoms. The second-order valence-electron chi connectivity index (χ2n) is 23.4. The van der Waals surface area contributed by atoms with Crippen LogP contribution >= 0.6 is 0 Å². The summed E-state index contributed by atoms with van der Waals surface area (Å²) in [5.41, 5.74) is 19.3. The monoisotopic (exact) mass is 1100 g/mol. The van der Waals surface area contributed by atoms with E-state index in [-0.39, 0.29) is 6.71 Å². The fourth-order valence-electron chi connectivity index (χ4n) is 14.1. The maximum atomic E-state index is 7.74. The third-order valence-electron chi connectivity index (χ3n) is 17.9. The molecular formula is C82H59BN2O. The van der Waals surface area contributed by atoms with Gasteiger partial charge in [0.15, 0.2) is 0 Å². The topological polar surface area (TPSA) is 19.1 Å². The van der Waals surface area contributed by atoms with E-state index >= 15 is 0 Å². The third kappa shape index (κ3) is 8.43. The van der Waals surface area contributed by atoms with Crippen LogP contribution in [0.15, 0.2) is 285 Å². The van der Waals surface area contributed by atoms with Crippen LogP contribution in [0.4, 0.5) is 0 Å². The maximum Gasteiger partial charge on any atom is 0.252 e. The van der Waals surface area contributed by atoms with Crippen molar-refractivity contribution in [2.45, 2.75) is 27.7 Å². The van der Waals surface area contributed by atoms with Gasteiger partial charge in [0.05, 0.1) is 22.1 Å². The van der Waals surface area contributed by atoms with Crippen molar-refractivity contribution in [3.63, 3.8) is 0 Å². The Labute approximate surface area is 501 Å². The number of aryl methyl sites for hydroxylation is 4.